The largest absolute Gasteiger partial charge is 0.497 e. The van der Waals surface area contributed by atoms with Crippen LogP contribution in [0.2, 0.25) is 0 Å². The molecular formula is C16H24N2O3. The van der Waals surface area contributed by atoms with Gasteiger partial charge in [-0.15, -0.1) is 0 Å². The molecule has 1 aromatic rings. The molecule has 0 radical (unpaired) electrons. The fraction of sp³-hybridized carbons (Fsp3) is 0.562. The number of carbonyl (C=O) groups is 1. The van der Waals surface area contributed by atoms with E-state index in [0.717, 1.165) is 12.8 Å². The second-order valence-corrected chi connectivity index (χ2v) is 5.48. The van der Waals surface area contributed by atoms with Gasteiger partial charge in [-0.1, -0.05) is 19.3 Å². The minimum atomic E-state index is -0.477. The minimum Gasteiger partial charge on any atom is -0.497 e. The van der Waals surface area contributed by atoms with Gasteiger partial charge in [0, 0.05) is 6.07 Å². The number of nitrogen functional groups attached to an aromatic ring is 1. The van der Waals surface area contributed by atoms with Gasteiger partial charge >= 0.3 is 0 Å². The average Bonchev–Trinajstić information content (AvgIpc) is 2.50. The second kappa shape index (κ2) is 7.31. The van der Waals surface area contributed by atoms with E-state index in [4.69, 9.17) is 15.2 Å². The molecular weight excluding hydrogens is 268 g/mol. The first-order valence-corrected chi connectivity index (χ1v) is 7.50. The first-order chi connectivity index (χ1) is 10.1. The van der Waals surface area contributed by atoms with E-state index in [0.29, 0.717) is 17.1 Å². The predicted octanol–water partition coefficient (Wildman–Crippen LogP) is 2.95. The topological polar surface area (TPSA) is 73.6 Å². The van der Waals surface area contributed by atoms with Gasteiger partial charge < -0.3 is 20.5 Å². The summed E-state index contributed by atoms with van der Waals surface area (Å²) in [4.78, 5) is 12.2. The molecule has 0 aliphatic heterocycles. The first kappa shape index (κ1) is 15.6. The van der Waals surface area contributed by atoms with E-state index in [1.165, 1.54) is 19.3 Å². The highest BCUT2D eigenvalue weighted by Crippen LogP contribution is 2.25. The molecule has 5 nitrogen and oxygen atoms in total. The standard InChI is InChI=1S/C16H24N2O3/c1-11(21-12-6-4-3-5-7-12)16(19)18-15-9-8-13(20-2)10-14(15)17/h8-12H,3-7,17H2,1-2H3,(H,18,19). The van der Waals surface area contributed by atoms with Crippen LogP contribution in [0.3, 0.4) is 0 Å². The van der Waals surface area contributed by atoms with Crippen molar-refractivity contribution < 1.29 is 14.3 Å². The van der Waals surface area contributed by atoms with Gasteiger partial charge in [0.05, 0.1) is 24.6 Å². The molecule has 5 heteroatoms. The number of nitrogens with two attached hydrogens (primary N) is 1. The third kappa shape index (κ3) is 4.36. The summed E-state index contributed by atoms with van der Waals surface area (Å²) < 4.78 is 10.9. The van der Waals surface area contributed by atoms with Crippen LogP contribution in [0.25, 0.3) is 0 Å². The molecule has 116 valence electrons. The Morgan fingerprint density at radius 1 is 1.33 bits per heavy atom. The number of benzene rings is 1. The molecule has 0 bridgehead atoms. The monoisotopic (exact) mass is 292 g/mol. The Morgan fingerprint density at radius 3 is 2.67 bits per heavy atom. The van der Waals surface area contributed by atoms with Crippen molar-refractivity contribution in [3.8, 4) is 5.75 Å². The number of methoxy groups -OCH3 is 1. The Bertz CT molecular complexity index is 484. The molecule has 1 aliphatic rings. The lowest BCUT2D eigenvalue weighted by molar-refractivity contribution is -0.131. The summed E-state index contributed by atoms with van der Waals surface area (Å²) in [5.41, 5.74) is 6.96. The van der Waals surface area contributed by atoms with Crippen LogP contribution in [0, 0.1) is 0 Å². The van der Waals surface area contributed by atoms with Crippen molar-refractivity contribution >= 4 is 17.3 Å². The van der Waals surface area contributed by atoms with Crippen LogP contribution in [0.15, 0.2) is 18.2 Å². The number of hydrogen-bond acceptors (Lipinski definition) is 4. The zero-order valence-electron chi connectivity index (χ0n) is 12.7. The summed E-state index contributed by atoms with van der Waals surface area (Å²) in [5.74, 6) is 0.495. The summed E-state index contributed by atoms with van der Waals surface area (Å²) in [7, 11) is 1.58. The molecule has 1 aromatic carbocycles. The number of anilines is 2. The number of hydrogen-bond donors (Lipinski definition) is 2. The van der Waals surface area contributed by atoms with Crippen LogP contribution in [-0.2, 0) is 9.53 Å². The lowest BCUT2D eigenvalue weighted by Crippen LogP contribution is -2.32. The minimum absolute atomic E-state index is 0.169. The predicted molar refractivity (Wildman–Crippen MR) is 83.5 cm³/mol. The highest BCUT2D eigenvalue weighted by molar-refractivity contribution is 5.96. The Balaban J connectivity index is 1.90. The molecule has 0 aromatic heterocycles. The van der Waals surface area contributed by atoms with Gasteiger partial charge in [0.25, 0.3) is 5.91 Å². The molecule has 21 heavy (non-hydrogen) atoms. The first-order valence-electron chi connectivity index (χ1n) is 7.50. The normalized spacial score (nSPS) is 17.2. The molecule has 1 fully saturated rings. The van der Waals surface area contributed by atoms with Gasteiger partial charge in [0.2, 0.25) is 0 Å². The van der Waals surface area contributed by atoms with Crippen molar-refractivity contribution in [3.05, 3.63) is 18.2 Å². The summed E-state index contributed by atoms with van der Waals surface area (Å²) in [6, 6.07) is 5.18. The van der Waals surface area contributed by atoms with E-state index in [-0.39, 0.29) is 12.0 Å². The maximum atomic E-state index is 12.2. The lowest BCUT2D eigenvalue weighted by Gasteiger charge is -2.25. The number of carbonyl (C=O) groups excluding carboxylic acids is 1. The van der Waals surface area contributed by atoms with Crippen molar-refractivity contribution in [1.82, 2.24) is 0 Å². The highest BCUT2D eigenvalue weighted by atomic mass is 16.5. The third-order valence-corrected chi connectivity index (χ3v) is 3.83. The van der Waals surface area contributed by atoms with Crippen LogP contribution in [0.4, 0.5) is 11.4 Å². The number of ether oxygens (including phenoxy) is 2. The van der Waals surface area contributed by atoms with Gasteiger partial charge in [-0.2, -0.15) is 0 Å². The summed E-state index contributed by atoms with van der Waals surface area (Å²) >= 11 is 0. The zero-order valence-corrected chi connectivity index (χ0v) is 12.7. The third-order valence-electron chi connectivity index (χ3n) is 3.83. The average molecular weight is 292 g/mol. The van der Waals surface area contributed by atoms with Crippen LogP contribution >= 0.6 is 0 Å². The summed E-state index contributed by atoms with van der Waals surface area (Å²) in [6.07, 6.45) is 5.45. The van der Waals surface area contributed by atoms with E-state index in [2.05, 4.69) is 5.32 Å². The molecule has 3 N–H and O–H groups in total. The van der Waals surface area contributed by atoms with E-state index < -0.39 is 6.10 Å². The SMILES string of the molecule is COc1ccc(NC(=O)C(C)OC2CCCCC2)c(N)c1. The van der Waals surface area contributed by atoms with Crippen molar-refractivity contribution in [2.24, 2.45) is 0 Å². The van der Waals surface area contributed by atoms with Crippen molar-refractivity contribution in [2.45, 2.75) is 51.2 Å². The van der Waals surface area contributed by atoms with E-state index >= 15 is 0 Å². The Morgan fingerprint density at radius 2 is 2.05 bits per heavy atom. The molecule has 1 unspecified atom stereocenters. The van der Waals surface area contributed by atoms with Gasteiger partial charge in [0.1, 0.15) is 11.9 Å². The van der Waals surface area contributed by atoms with Gasteiger partial charge in [0.15, 0.2) is 0 Å². The van der Waals surface area contributed by atoms with E-state index in [9.17, 15) is 4.79 Å². The van der Waals surface area contributed by atoms with Gasteiger partial charge in [-0.05, 0) is 31.9 Å². The van der Waals surface area contributed by atoms with E-state index in [1.54, 1.807) is 32.2 Å². The quantitative estimate of drug-likeness (QED) is 0.818. The Kier molecular flexibility index (Phi) is 5.44. The van der Waals surface area contributed by atoms with Crippen LogP contribution in [0.1, 0.15) is 39.0 Å². The maximum Gasteiger partial charge on any atom is 0.253 e. The fourth-order valence-electron chi connectivity index (χ4n) is 2.57. The van der Waals surface area contributed by atoms with Crippen molar-refractivity contribution in [1.29, 1.82) is 0 Å². The lowest BCUT2D eigenvalue weighted by atomic mass is 9.97. The Hall–Kier alpha value is -1.75. The number of rotatable bonds is 5. The molecule has 1 atom stereocenters. The maximum absolute atomic E-state index is 12.2. The Labute approximate surface area is 125 Å². The zero-order chi connectivity index (χ0) is 15.2. The van der Waals surface area contributed by atoms with Crippen molar-refractivity contribution in [2.75, 3.05) is 18.2 Å². The molecule has 1 amide bonds. The molecule has 0 heterocycles. The van der Waals surface area contributed by atoms with Gasteiger partial charge in [-0.25, -0.2) is 0 Å². The molecule has 1 aliphatic carbocycles. The molecule has 2 rings (SSSR count). The van der Waals surface area contributed by atoms with Crippen LogP contribution in [0.5, 0.6) is 5.75 Å². The summed E-state index contributed by atoms with van der Waals surface area (Å²) in [5, 5.41) is 2.81. The second-order valence-electron chi connectivity index (χ2n) is 5.48. The van der Waals surface area contributed by atoms with Crippen molar-refractivity contribution in [3.63, 3.8) is 0 Å². The fourth-order valence-corrected chi connectivity index (χ4v) is 2.57. The summed E-state index contributed by atoms with van der Waals surface area (Å²) in [6.45, 7) is 1.78. The smallest absolute Gasteiger partial charge is 0.253 e. The molecule has 1 saturated carbocycles. The molecule has 0 spiro atoms. The van der Waals surface area contributed by atoms with Crippen LogP contribution < -0.4 is 15.8 Å². The highest BCUT2D eigenvalue weighted by Gasteiger charge is 2.21. The molecule has 0 saturated heterocycles. The van der Waals surface area contributed by atoms with Crippen LogP contribution in [-0.4, -0.2) is 25.2 Å². The number of nitrogens with one attached hydrogen (secondary N) is 1. The number of amides is 1. The van der Waals surface area contributed by atoms with E-state index in [1.807, 2.05) is 0 Å². The van der Waals surface area contributed by atoms with Gasteiger partial charge in [-0.3, -0.25) is 4.79 Å².